The van der Waals surface area contributed by atoms with Crippen molar-refractivity contribution in [3.63, 3.8) is 0 Å². The number of ketones is 1. The van der Waals surface area contributed by atoms with E-state index in [2.05, 4.69) is 13.8 Å². The molecule has 1 saturated carbocycles. The first-order valence-corrected chi connectivity index (χ1v) is 11.1. The average molecular weight is 430 g/mol. The molecule has 1 aromatic rings. The molecule has 1 amide bonds. The molecule has 1 aromatic carbocycles. The van der Waals surface area contributed by atoms with Crippen LogP contribution in [0.2, 0.25) is 0 Å². The summed E-state index contributed by atoms with van der Waals surface area (Å²) in [5.41, 5.74) is 1.14. The van der Waals surface area contributed by atoms with Crippen LogP contribution < -0.4 is 4.74 Å². The molecule has 31 heavy (non-hydrogen) atoms. The van der Waals surface area contributed by atoms with Gasteiger partial charge < -0.3 is 24.2 Å². The van der Waals surface area contributed by atoms with Crippen LogP contribution >= 0.6 is 0 Å². The van der Waals surface area contributed by atoms with Gasteiger partial charge in [0.1, 0.15) is 6.10 Å². The molecule has 4 rings (SSSR count). The molecule has 0 radical (unpaired) electrons. The number of carbonyl (C=O) groups excluding carboxylic acids is 2. The number of benzene rings is 1. The molecule has 5 unspecified atom stereocenters. The van der Waals surface area contributed by atoms with Crippen LogP contribution in [0, 0.1) is 17.8 Å². The van der Waals surface area contributed by atoms with Gasteiger partial charge >= 0.3 is 0 Å². The molecule has 2 heterocycles. The molecule has 1 aliphatic carbocycles. The van der Waals surface area contributed by atoms with Crippen molar-refractivity contribution in [3.05, 3.63) is 35.1 Å². The largest absolute Gasteiger partial charge is 0.504 e. The summed E-state index contributed by atoms with van der Waals surface area (Å²) in [7, 11) is 1.58. The van der Waals surface area contributed by atoms with E-state index in [1.54, 1.807) is 30.2 Å². The maximum Gasteiger partial charge on any atom is 0.290 e. The third-order valence-corrected chi connectivity index (χ3v) is 6.66. The summed E-state index contributed by atoms with van der Waals surface area (Å²) in [6.07, 6.45) is 1.49. The highest BCUT2D eigenvalue weighted by Crippen LogP contribution is 2.49. The smallest absolute Gasteiger partial charge is 0.290 e. The van der Waals surface area contributed by atoms with Gasteiger partial charge in [-0.15, -0.1) is 0 Å². The first-order chi connectivity index (χ1) is 14.9. The number of ether oxygens (including phenoxy) is 3. The Labute approximate surface area is 183 Å². The van der Waals surface area contributed by atoms with E-state index in [9.17, 15) is 14.7 Å². The molecule has 168 valence electrons. The highest BCUT2D eigenvalue weighted by Gasteiger charge is 2.53. The summed E-state index contributed by atoms with van der Waals surface area (Å²) in [6.45, 7) is 7.16. The van der Waals surface area contributed by atoms with Crippen molar-refractivity contribution in [1.29, 1.82) is 0 Å². The summed E-state index contributed by atoms with van der Waals surface area (Å²) in [4.78, 5) is 28.7. The molecule has 0 saturated heterocycles. The van der Waals surface area contributed by atoms with Crippen LogP contribution in [0.1, 0.15) is 45.2 Å². The zero-order chi connectivity index (χ0) is 22.3. The number of hydrogen-bond donors (Lipinski definition) is 1. The van der Waals surface area contributed by atoms with Crippen molar-refractivity contribution in [2.24, 2.45) is 17.8 Å². The van der Waals surface area contributed by atoms with Crippen LogP contribution in [0.5, 0.6) is 11.5 Å². The van der Waals surface area contributed by atoms with Crippen molar-refractivity contribution in [3.8, 4) is 11.5 Å². The van der Waals surface area contributed by atoms with E-state index in [0.717, 1.165) is 12.8 Å². The number of aromatic hydroxyl groups is 1. The average Bonchev–Trinajstić information content (AvgIpc) is 3.01. The molecule has 1 fully saturated rings. The normalized spacial score (nSPS) is 30.2. The van der Waals surface area contributed by atoms with Gasteiger partial charge in [0.05, 0.1) is 30.7 Å². The number of hydrogen-bond acceptors (Lipinski definition) is 6. The minimum absolute atomic E-state index is 0.00829. The molecule has 1 N–H and O–H groups in total. The highest BCUT2D eigenvalue weighted by molar-refractivity contribution is 6.11. The zero-order valence-electron chi connectivity index (χ0n) is 18.6. The second-order valence-electron chi connectivity index (χ2n) is 8.90. The number of nitrogens with zero attached hydrogens (tertiary/aromatic N) is 1. The van der Waals surface area contributed by atoms with E-state index in [1.807, 2.05) is 6.92 Å². The topological polar surface area (TPSA) is 85.3 Å². The van der Waals surface area contributed by atoms with Gasteiger partial charge in [0, 0.05) is 13.7 Å². The Morgan fingerprint density at radius 3 is 2.71 bits per heavy atom. The van der Waals surface area contributed by atoms with Crippen molar-refractivity contribution >= 4 is 11.7 Å². The number of amides is 1. The minimum atomic E-state index is -0.585. The van der Waals surface area contributed by atoms with E-state index in [-0.39, 0.29) is 41.1 Å². The Bertz CT molecular complexity index is 909. The van der Waals surface area contributed by atoms with Crippen LogP contribution in [-0.2, 0) is 19.1 Å². The lowest BCUT2D eigenvalue weighted by molar-refractivity contribution is -0.139. The van der Waals surface area contributed by atoms with Gasteiger partial charge in [-0.05, 0) is 49.3 Å². The summed E-state index contributed by atoms with van der Waals surface area (Å²) >= 11 is 0. The van der Waals surface area contributed by atoms with Gasteiger partial charge in [0.2, 0.25) is 0 Å². The Morgan fingerprint density at radius 1 is 1.23 bits per heavy atom. The predicted octanol–water partition coefficient (Wildman–Crippen LogP) is 3.22. The molecule has 0 bridgehead atoms. The maximum absolute atomic E-state index is 13.7. The highest BCUT2D eigenvalue weighted by atomic mass is 16.5. The van der Waals surface area contributed by atoms with Gasteiger partial charge in [-0.25, -0.2) is 0 Å². The number of methoxy groups -OCH3 is 1. The maximum atomic E-state index is 13.7. The molecular formula is C24H31NO6. The third-order valence-electron chi connectivity index (χ3n) is 6.66. The minimum Gasteiger partial charge on any atom is -0.504 e. The molecule has 0 spiro atoms. The molecule has 3 aliphatic rings. The van der Waals surface area contributed by atoms with Gasteiger partial charge in [-0.3, -0.25) is 9.59 Å². The molecule has 5 atom stereocenters. The number of rotatable bonds is 6. The first kappa shape index (κ1) is 21.7. The summed E-state index contributed by atoms with van der Waals surface area (Å²) in [6, 6.07) is 4.40. The Kier molecular flexibility index (Phi) is 5.97. The van der Waals surface area contributed by atoms with Crippen molar-refractivity contribution in [1.82, 2.24) is 4.90 Å². The lowest BCUT2D eigenvalue weighted by Crippen LogP contribution is -2.45. The Morgan fingerprint density at radius 2 is 2.00 bits per heavy atom. The zero-order valence-corrected chi connectivity index (χ0v) is 18.6. The number of Topliss-reactive ketones (excluding diaryl/α,β-unsaturated/α-hetero) is 1. The fourth-order valence-electron chi connectivity index (χ4n) is 5.36. The molecule has 0 aromatic heterocycles. The van der Waals surface area contributed by atoms with E-state index < -0.39 is 6.04 Å². The van der Waals surface area contributed by atoms with E-state index in [0.29, 0.717) is 42.6 Å². The summed E-state index contributed by atoms with van der Waals surface area (Å²) < 4.78 is 17.0. The van der Waals surface area contributed by atoms with Gasteiger partial charge in [0.25, 0.3) is 5.91 Å². The van der Waals surface area contributed by atoms with E-state index in [4.69, 9.17) is 14.2 Å². The van der Waals surface area contributed by atoms with Crippen LogP contribution in [0.3, 0.4) is 0 Å². The fraction of sp³-hybridized carbons (Fsp3) is 0.583. The Balaban J connectivity index is 1.79. The van der Waals surface area contributed by atoms with E-state index in [1.165, 1.54) is 0 Å². The predicted molar refractivity (Wildman–Crippen MR) is 114 cm³/mol. The summed E-state index contributed by atoms with van der Waals surface area (Å²) in [5, 5.41) is 10.1. The standard InChI is InChI=1S/C24H31NO6/c1-5-30-18-12-15(6-7-17(18)26)20-19-21(27)16-11-13(2)10-14(3)22(16)31-23(19)24(28)25(20)8-9-29-4/h6-7,12-14,16,20,22,26H,5,8-11H2,1-4H3. The van der Waals surface area contributed by atoms with Crippen LogP contribution in [0.25, 0.3) is 0 Å². The van der Waals surface area contributed by atoms with Crippen LogP contribution in [-0.4, -0.2) is 54.7 Å². The second-order valence-corrected chi connectivity index (χ2v) is 8.90. The van der Waals surface area contributed by atoms with Gasteiger partial charge in [0.15, 0.2) is 23.0 Å². The molecule has 7 nitrogen and oxygen atoms in total. The number of carbonyl (C=O) groups is 2. The van der Waals surface area contributed by atoms with Crippen LogP contribution in [0.15, 0.2) is 29.5 Å². The SMILES string of the molecule is CCOc1cc(C2C3=C(OC4C(C)CC(C)CC4C3=O)C(=O)N2CCOC)ccc1O. The molecule has 7 heteroatoms. The lowest BCUT2D eigenvalue weighted by atomic mass is 9.70. The summed E-state index contributed by atoms with van der Waals surface area (Å²) in [5.74, 6) is 0.672. The van der Waals surface area contributed by atoms with Crippen molar-refractivity contribution < 1.29 is 28.9 Å². The molecular weight excluding hydrogens is 398 g/mol. The number of fused-ring (bicyclic) bond motifs is 1. The number of phenols is 1. The van der Waals surface area contributed by atoms with Crippen molar-refractivity contribution in [2.75, 3.05) is 26.9 Å². The third kappa shape index (κ3) is 3.69. The van der Waals surface area contributed by atoms with Gasteiger partial charge in [-0.2, -0.15) is 0 Å². The van der Waals surface area contributed by atoms with Crippen molar-refractivity contribution in [2.45, 2.75) is 45.8 Å². The quantitative estimate of drug-likeness (QED) is 0.747. The fourth-order valence-corrected chi connectivity index (χ4v) is 5.36. The second kappa shape index (κ2) is 8.54. The monoisotopic (exact) mass is 429 g/mol. The first-order valence-electron chi connectivity index (χ1n) is 11.1. The van der Waals surface area contributed by atoms with Gasteiger partial charge in [-0.1, -0.05) is 19.9 Å². The molecule has 2 aliphatic heterocycles. The lowest BCUT2D eigenvalue weighted by Gasteiger charge is -2.41. The van der Waals surface area contributed by atoms with Crippen LogP contribution in [0.4, 0.5) is 0 Å². The number of phenolic OH excluding ortho intramolecular Hbond substituents is 1. The Hall–Kier alpha value is -2.54. The van der Waals surface area contributed by atoms with E-state index >= 15 is 0 Å².